The van der Waals surface area contributed by atoms with Crippen LogP contribution in [-0.2, 0) is 14.6 Å². The minimum Gasteiger partial charge on any atom is -0.435 e. The number of ether oxygens (including phenoxy) is 1. The van der Waals surface area contributed by atoms with Crippen molar-refractivity contribution in [3.8, 4) is 5.75 Å². The summed E-state index contributed by atoms with van der Waals surface area (Å²) >= 11 is 0. The second kappa shape index (κ2) is 7.92. The Hall–Kier alpha value is -2.00. The molecule has 0 aromatic heterocycles. The Morgan fingerprint density at radius 3 is 2.40 bits per heavy atom. The number of carbonyl (C=O) groups is 1. The fourth-order valence-corrected chi connectivity index (χ4v) is 4.37. The summed E-state index contributed by atoms with van der Waals surface area (Å²) in [5.74, 6) is -0.292. The highest BCUT2D eigenvalue weighted by atomic mass is 32.2. The van der Waals surface area contributed by atoms with E-state index in [2.05, 4.69) is 4.74 Å². The number of halogens is 2. The van der Waals surface area contributed by atoms with Gasteiger partial charge in [0.1, 0.15) is 5.75 Å². The topological polar surface area (TPSA) is 66.9 Å². The number of amides is 1. The van der Waals surface area contributed by atoms with E-state index in [1.54, 1.807) is 31.2 Å². The third-order valence-corrected chi connectivity index (χ3v) is 5.48. The largest absolute Gasteiger partial charge is 0.435 e. The Bertz CT molecular complexity index is 733. The first-order valence-electron chi connectivity index (χ1n) is 7.62. The van der Waals surface area contributed by atoms with Crippen molar-refractivity contribution in [2.75, 3.05) is 25.6 Å². The van der Waals surface area contributed by atoms with Gasteiger partial charge < -0.3 is 4.74 Å². The van der Waals surface area contributed by atoms with Gasteiger partial charge in [0.25, 0.3) is 5.91 Å². The molecule has 0 N–H and O–H groups in total. The molecular weight excluding hydrogens is 354 g/mol. The predicted molar refractivity (Wildman–Crippen MR) is 89.7 cm³/mol. The molecule has 1 aromatic carbocycles. The van der Waals surface area contributed by atoms with E-state index in [-0.39, 0.29) is 29.2 Å². The highest BCUT2D eigenvalue weighted by Crippen LogP contribution is 2.20. The third-order valence-electron chi connectivity index (χ3n) is 3.73. The molecule has 0 unspecified atom stereocenters. The lowest BCUT2D eigenvalue weighted by Crippen LogP contribution is -2.48. The van der Waals surface area contributed by atoms with E-state index in [4.69, 9.17) is 0 Å². The number of carbonyl (C=O) groups excluding carboxylic acids is 1. The van der Waals surface area contributed by atoms with Crippen LogP contribution in [0, 0.1) is 0 Å². The molecule has 1 aromatic rings. The van der Waals surface area contributed by atoms with Crippen LogP contribution in [0.3, 0.4) is 0 Å². The van der Waals surface area contributed by atoms with Crippen LogP contribution in [-0.4, -0.2) is 62.6 Å². The van der Waals surface area contributed by atoms with Gasteiger partial charge in [-0.3, -0.25) is 9.80 Å². The average molecular weight is 374 g/mol. The van der Waals surface area contributed by atoms with Crippen molar-refractivity contribution < 1.29 is 26.7 Å². The molecule has 1 heterocycles. The molecule has 0 bridgehead atoms. The normalized spacial score (nSPS) is 19.7. The molecule has 9 heteroatoms. The van der Waals surface area contributed by atoms with Crippen LogP contribution in [0.1, 0.15) is 12.0 Å². The smallest absolute Gasteiger partial charge is 0.387 e. The minimum atomic E-state index is -3.11. The summed E-state index contributed by atoms with van der Waals surface area (Å²) in [5, 5.41) is 2.98. The summed E-state index contributed by atoms with van der Waals surface area (Å²) in [7, 11) is 0.238. The van der Waals surface area contributed by atoms with Crippen molar-refractivity contribution in [2.24, 2.45) is 0 Å². The molecule has 1 aliphatic rings. The standard InChI is InChI=1S/C16H20F2N2O4S/c1-19(2)20(13-9-10-25(22,23)11-13)15(21)8-5-12-3-6-14(7-4-12)24-16(17)18/h3-8,13,16H,9-11H2,1-2H3/b8-5+/t13-/m0/s1. The van der Waals surface area contributed by atoms with Crippen LogP contribution < -0.4 is 4.74 Å². The number of benzene rings is 1. The molecule has 1 aliphatic heterocycles. The van der Waals surface area contributed by atoms with Crippen molar-refractivity contribution in [3.63, 3.8) is 0 Å². The fraction of sp³-hybridized carbons (Fsp3) is 0.438. The van der Waals surface area contributed by atoms with Gasteiger partial charge in [-0.15, -0.1) is 0 Å². The van der Waals surface area contributed by atoms with Crippen molar-refractivity contribution in [1.82, 2.24) is 10.0 Å². The quantitative estimate of drug-likeness (QED) is 0.561. The van der Waals surface area contributed by atoms with Gasteiger partial charge in [-0.2, -0.15) is 8.78 Å². The monoisotopic (exact) mass is 374 g/mol. The number of alkyl halides is 2. The van der Waals surface area contributed by atoms with Crippen LogP contribution in [0.5, 0.6) is 5.75 Å². The van der Waals surface area contributed by atoms with Gasteiger partial charge in [0.2, 0.25) is 0 Å². The summed E-state index contributed by atoms with van der Waals surface area (Å²) in [4.78, 5) is 12.4. The summed E-state index contributed by atoms with van der Waals surface area (Å²) in [6.07, 6.45) is 3.27. The summed E-state index contributed by atoms with van der Waals surface area (Å²) < 4.78 is 51.7. The van der Waals surface area contributed by atoms with Crippen LogP contribution in [0.4, 0.5) is 8.78 Å². The van der Waals surface area contributed by atoms with E-state index in [1.807, 2.05) is 0 Å². The molecule has 1 fully saturated rings. The van der Waals surface area contributed by atoms with Crippen LogP contribution in [0.2, 0.25) is 0 Å². The molecular formula is C16H20F2N2O4S. The zero-order valence-corrected chi connectivity index (χ0v) is 14.7. The summed E-state index contributed by atoms with van der Waals surface area (Å²) in [5.41, 5.74) is 0.632. The molecule has 0 saturated carbocycles. The number of rotatable bonds is 6. The van der Waals surface area contributed by atoms with E-state index < -0.39 is 16.4 Å². The fourth-order valence-electron chi connectivity index (χ4n) is 2.68. The third kappa shape index (κ3) is 5.50. The van der Waals surface area contributed by atoms with E-state index in [0.717, 1.165) is 0 Å². The van der Waals surface area contributed by atoms with Crippen molar-refractivity contribution in [3.05, 3.63) is 35.9 Å². The zero-order valence-electron chi connectivity index (χ0n) is 13.9. The number of hydrogen-bond acceptors (Lipinski definition) is 5. The predicted octanol–water partition coefficient (Wildman–Crippen LogP) is 1.79. The lowest BCUT2D eigenvalue weighted by atomic mass is 10.2. The maximum Gasteiger partial charge on any atom is 0.387 e. The Balaban J connectivity index is 2.06. The first-order chi connectivity index (χ1) is 11.7. The van der Waals surface area contributed by atoms with E-state index >= 15 is 0 Å². The second-order valence-electron chi connectivity index (χ2n) is 5.87. The van der Waals surface area contributed by atoms with Crippen molar-refractivity contribution >= 4 is 21.8 Å². The van der Waals surface area contributed by atoms with Gasteiger partial charge in [-0.25, -0.2) is 13.4 Å². The van der Waals surface area contributed by atoms with Crippen molar-refractivity contribution in [2.45, 2.75) is 19.1 Å². The number of nitrogens with zero attached hydrogens (tertiary/aromatic N) is 2. The van der Waals surface area contributed by atoms with Crippen LogP contribution in [0.25, 0.3) is 6.08 Å². The van der Waals surface area contributed by atoms with Crippen LogP contribution in [0.15, 0.2) is 30.3 Å². The van der Waals surface area contributed by atoms with Crippen LogP contribution >= 0.6 is 0 Å². The van der Waals surface area contributed by atoms with E-state index in [1.165, 1.54) is 29.3 Å². The van der Waals surface area contributed by atoms with Gasteiger partial charge in [0.15, 0.2) is 9.84 Å². The highest BCUT2D eigenvalue weighted by molar-refractivity contribution is 7.91. The lowest BCUT2D eigenvalue weighted by molar-refractivity contribution is -0.143. The Labute approximate surface area is 145 Å². The molecule has 0 aliphatic carbocycles. The first kappa shape index (κ1) is 19.3. The Morgan fingerprint density at radius 2 is 1.92 bits per heavy atom. The molecule has 25 heavy (non-hydrogen) atoms. The maximum atomic E-state index is 12.4. The molecule has 0 radical (unpaired) electrons. The van der Waals surface area contributed by atoms with E-state index in [9.17, 15) is 22.0 Å². The molecule has 6 nitrogen and oxygen atoms in total. The lowest BCUT2D eigenvalue weighted by Gasteiger charge is -2.32. The SMILES string of the molecule is CN(C)N(C(=O)/C=C/c1ccc(OC(F)F)cc1)[C@H]1CCS(=O)(=O)C1. The van der Waals surface area contributed by atoms with Gasteiger partial charge >= 0.3 is 6.61 Å². The maximum absolute atomic E-state index is 12.4. The molecule has 2 rings (SSSR count). The van der Waals surface area contributed by atoms with Gasteiger partial charge in [0.05, 0.1) is 17.5 Å². The first-order valence-corrected chi connectivity index (χ1v) is 9.44. The summed E-state index contributed by atoms with van der Waals surface area (Å²) in [6.45, 7) is -2.89. The Kier molecular flexibility index (Phi) is 6.12. The number of hydrazine groups is 1. The zero-order chi connectivity index (χ0) is 18.6. The Morgan fingerprint density at radius 1 is 1.28 bits per heavy atom. The molecule has 1 atom stereocenters. The van der Waals surface area contributed by atoms with Crippen molar-refractivity contribution in [1.29, 1.82) is 0 Å². The van der Waals surface area contributed by atoms with Gasteiger partial charge in [-0.1, -0.05) is 12.1 Å². The van der Waals surface area contributed by atoms with Gasteiger partial charge in [0, 0.05) is 20.2 Å². The molecule has 1 saturated heterocycles. The average Bonchev–Trinajstić information content (AvgIpc) is 2.85. The second-order valence-corrected chi connectivity index (χ2v) is 8.10. The highest BCUT2D eigenvalue weighted by Gasteiger charge is 2.35. The molecule has 138 valence electrons. The number of hydrogen-bond donors (Lipinski definition) is 0. The summed E-state index contributed by atoms with van der Waals surface area (Å²) in [6, 6.07) is 5.45. The molecule has 1 amide bonds. The number of sulfone groups is 1. The minimum absolute atomic E-state index is 0.0320. The van der Waals surface area contributed by atoms with E-state index in [0.29, 0.717) is 12.0 Å². The molecule has 0 spiro atoms. The van der Waals surface area contributed by atoms with Gasteiger partial charge in [-0.05, 0) is 30.2 Å².